The molecule has 1 unspecified atom stereocenters. The first-order valence-electron chi connectivity index (χ1n) is 4.42. The van der Waals surface area contributed by atoms with Crippen LogP contribution in [-0.4, -0.2) is 28.0 Å². The van der Waals surface area contributed by atoms with E-state index in [0.29, 0.717) is 6.42 Å². The van der Waals surface area contributed by atoms with E-state index in [2.05, 4.69) is 4.18 Å². The van der Waals surface area contributed by atoms with Gasteiger partial charge in [-0.2, -0.15) is 8.42 Å². The van der Waals surface area contributed by atoms with Crippen molar-refractivity contribution < 1.29 is 12.6 Å². The second-order valence-corrected chi connectivity index (χ2v) is 12.6. The van der Waals surface area contributed by atoms with Gasteiger partial charge in [-0.15, -0.1) is 0 Å². The smallest absolute Gasteiger partial charge is 0.269 e. The van der Waals surface area contributed by atoms with Gasteiger partial charge in [-0.25, -0.2) is 0 Å². The van der Waals surface area contributed by atoms with Gasteiger partial charge in [0.25, 0.3) is 10.1 Å². The Kier molecular flexibility index (Phi) is 3.74. The van der Waals surface area contributed by atoms with Crippen molar-refractivity contribution in [1.82, 2.24) is 0 Å². The van der Waals surface area contributed by atoms with Crippen molar-refractivity contribution in [2.75, 3.05) is 7.11 Å². The Balaban J connectivity index is 5.33. The molecule has 0 aromatic rings. The van der Waals surface area contributed by atoms with Crippen LogP contribution in [0.25, 0.3) is 0 Å². The van der Waals surface area contributed by atoms with Crippen molar-refractivity contribution in [2.24, 2.45) is 0 Å². The fourth-order valence-electron chi connectivity index (χ4n) is 1.27. The van der Waals surface area contributed by atoms with E-state index >= 15 is 0 Å². The molecule has 0 aromatic carbocycles. The van der Waals surface area contributed by atoms with Gasteiger partial charge >= 0.3 is 0 Å². The van der Waals surface area contributed by atoms with E-state index in [9.17, 15) is 8.42 Å². The molecule has 0 heterocycles. The van der Waals surface area contributed by atoms with Crippen LogP contribution in [0.4, 0.5) is 0 Å². The Labute approximate surface area is 82.6 Å². The zero-order valence-electron chi connectivity index (χ0n) is 9.34. The summed E-state index contributed by atoms with van der Waals surface area (Å²) >= 11 is 0. The average molecular weight is 224 g/mol. The van der Waals surface area contributed by atoms with E-state index in [-0.39, 0.29) is 0 Å². The minimum atomic E-state index is -3.41. The van der Waals surface area contributed by atoms with Crippen LogP contribution in [0.3, 0.4) is 0 Å². The van der Waals surface area contributed by atoms with Crippen LogP contribution in [-0.2, 0) is 14.3 Å². The minimum absolute atomic E-state index is 0.610. The van der Waals surface area contributed by atoms with Crippen LogP contribution in [0.2, 0.25) is 19.6 Å². The molecule has 0 fully saturated rings. The molecule has 0 aliphatic rings. The zero-order valence-corrected chi connectivity index (χ0v) is 11.2. The predicted molar refractivity (Wildman–Crippen MR) is 58.0 cm³/mol. The first-order valence-corrected chi connectivity index (χ1v) is 9.33. The monoisotopic (exact) mass is 224 g/mol. The van der Waals surface area contributed by atoms with Crippen molar-refractivity contribution in [3.8, 4) is 0 Å². The third-order valence-corrected chi connectivity index (χ3v) is 11.0. The fraction of sp³-hybridized carbons (Fsp3) is 1.00. The van der Waals surface area contributed by atoms with E-state index < -0.39 is 22.6 Å². The van der Waals surface area contributed by atoms with Crippen molar-refractivity contribution >= 4 is 18.2 Å². The molecule has 0 radical (unpaired) electrons. The highest BCUT2D eigenvalue weighted by molar-refractivity contribution is 7.90. The predicted octanol–water partition coefficient (Wildman–Crippen LogP) is 2.01. The van der Waals surface area contributed by atoms with Crippen LogP contribution >= 0.6 is 0 Å². The maximum absolute atomic E-state index is 11.7. The van der Waals surface area contributed by atoms with Crippen LogP contribution in [0.1, 0.15) is 20.3 Å². The van der Waals surface area contributed by atoms with Gasteiger partial charge in [-0.3, -0.25) is 4.18 Å². The summed E-state index contributed by atoms with van der Waals surface area (Å²) in [6.07, 6.45) is 0.610. The summed E-state index contributed by atoms with van der Waals surface area (Å²) in [4.78, 5) is 0. The number of rotatable bonds is 4. The molecular weight excluding hydrogens is 204 g/mol. The zero-order chi connectivity index (χ0) is 10.9. The van der Waals surface area contributed by atoms with Crippen molar-refractivity contribution in [2.45, 2.75) is 44.3 Å². The maximum atomic E-state index is 11.7. The lowest BCUT2D eigenvalue weighted by molar-refractivity contribution is 0.380. The second kappa shape index (κ2) is 3.71. The average Bonchev–Trinajstić information content (AvgIpc) is 2.00. The van der Waals surface area contributed by atoms with Gasteiger partial charge in [-0.1, -0.05) is 26.6 Å². The molecule has 0 rings (SSSR count). The van der Waals surface area contributed by atoms with Gasteiger partial charge in [0.05, 0.1) is 19.6 Å². The fourth-order valence-corrected chi connectivity index (χ4v) is 6.30. The quantitative estimate of drug-likeness (QED) is 0.542. The molecule has 0 N–H and O–H groups in total. The molecule has 0 saturated heterocycles. The maximum Gasteiger partial charge on any atom is 0.269 e. The Morgan fingerprint density at radius 1 is 1.31 bits per heavy atom. The topological polar surface area (TPSA) is 43.4 Å². The molecule has 0 spiro atoms. The molecule has 13 heavy (non-hydrogen) atoms. The van der Waals surface area contributed by atoms with Gasteiger partial charge in [-0.05, 0) is 13.3 Å². The molecule has 5 heteroatoms. The van der Waals surface area contributed by atoms with Gasteiger partial charge in [0, 0.05) is 0 Å². The standard InChI is InChI=1S/C8H20O3SSi/c1-7-8(2,13(4,5)6)12(9,10)11-3/h7H2,1-6H3. The summed E-state index contributed by atoms with van der Waals surface area (Å²) in [5.74, 6) is 0. The highest BCUT2D eigenvalue weighted by Gasteiger charge is 2.48. The van der Waals surface area contributed by atoms with E-state index in [4.69, 9.17) is 0 Å². The summed E-state index contributed by atoms with van der Waals surface area (Å²) in [6, 6.07) is 0. The Morgan fingerprint density at radius 2 is 1.69 bits per heavy atom. The molecule has 3 nitrogen and oxygen atoms in total. The van der Waals surface area contributed by atoms with Crippen molar-refractivity contribution in [3.63, 3.8) is 0 Å². The third-order valence-electron chi connectivity index (χ3n) is 3.03. The lowest BCUT2D eigenvalue weighted by atomic mass is 10.4. The highest BCUT2D eigenvalue weighted by atomic mass is 32.2. The molecule has 0 aliphatic heterocycles. The van der Waals surface area contributed by atoms with Crippen LogP contribution < -0.4 is 0 Å². The van der Waals surface area contributed by atoms with Gasteiger partial charge in [0.15, 0.2) is 0 Å². The Hall–Kier alpha value is 0.127. The summed E-state index contributed by atoms with van der Waals surface area (Å²) in [5.41, 5.74) is 0. The number of hydrogen-bond donors (Lipinski definition) is 0. The van der Waals surface area contributed by atoms with E-state index in [0.717, 1.165) is 0 Å². The molecule has 0 bridgehead atoms. The SMILES string of the molecule is CCC(C)([Si](C)(C)C)S(=O)(=O)OC. The first-order chi connectivity index (χ1) is 5.62. The summed E-state index contributed by atoms with van der Waals surface area (Å²) in [6.45, 7) is 9.83. The molecule has 80 valence electrons. The third kappa shape index (κ3) is 2.14. The molecule has 0 aromatic heterocycles. The molecule has 0 saturated carbocycles. The van der Waals surface area contributed by atoms with Crippen LogP contribution in [0.15, 0.2) is 0 Å². The minimum Gasteiger partial charge on any atom is -0.273 e. The summed E-state index contributed by atoms with van der Waals surface area (Å²) in [5, 5.41) is 0. The van der Waals surface area contributed by atoms with Gasteiger partial charge < -0.3 is 0 Å². The van der Waals surface area contributed by atoms with Gasteiger partial charge in [0.2, 0.25) is 0 Å². The first kappa shape index (κ1) is 13.1. The normalized spacial score (nSPS) is 18.3. The Morgan fingerprint density at radius 3 is 1.77 bits per heavy atom. The van der Waals surface area contributed by atoms with Crippen molar-refractivity contribution in [3.05, 3.63) is 0 Å². The van der Waals surface area contributed by atoms with E-state index in [1.165, 1.54) is 7.11 Å². The number of hydrogen-bond acceptors (Lipinski definition) is 3. The lowest BCUT2D eigenvalue weighted by Gasteiger charge is -2.37. The highest BCUT2D eigenvalue weighted by Crippen LogP contribution is 2.32. The van der Waals surface area contributed by atoms with Crippen LogP contribution in [0.5, 0.6) is 0 Å². The van der Waals surface area contributed by atoms with E-state index in [1.54, 1.807) is 6.92 Å². The Bertz CT molecular complexity index is 266. The molecular formula is C8H20O3SSi. The molecule has 1 atom stereocenters. The largest absolute Gasteiger partial charge is 0.273 e. The van der Waals surface area contributed by atoms with Crippen LogP contribution in [0, 0.1) is 0 Å². The van der Waals surface area contributed by atoms with E-state index in [1.807, 2.05) is 26.6 Å². The summed E-state index contributed by atoms with van der Waals surface area (Å²) in [7, 11) is -3.95. The summed E-state index contributed by atoms with van der Waals surface area (Å²) < 4.78 is 27.4. The molecule has 0 aliphatic carbocycles. The lowest BCUT2D eigenvalue weighted by Crippen LogP contribution is -2.55. The molecule has 0 amide bonds. The van der Waals surface area contributed by atoms with Gasteiger partial charge in [0.1, 0.15) is 0 Å². The van der Waals surface area contributed by atoms with Crippen molar-refractivity contribution in [1.29, 1.82) is 0 Å². The second-order valence-electron chi connectivity index (χ2n) is 4.46.